The van der Waals surface area contributed by atoms with Crippen LogP contribution in [0.15, 0.2) is 46.6 Å². The highest BCUT2D eigenvalue weighted by Crippen LogP contribution is 2.69. The van der Waals surface area contributed by atoms with Gasteiger partial charge in [0.15, 0.2) is 18.0 Å². The summed E-state index contributed by atoms with van der Waals surface area (Å²) in [6.07, 6.45) is 7.71. The molecular weight excluding hydrogens is 599 g/mol. The van der Waals surface area contributed by atoms with Crippen LogP contribution in [-0.2, 0) is 23.9 Å². The van der Waals surface area contributed by atoms with E-state index in [1.54, 1.807) is 18.2 Å². The van der Waals surface area contributed by atoms with E-state index in [1.165, 1.54) is 26.2 Å². The summed E-state index contributed by atoms with van der Waals surface area (Å²) < 4.78 is 30.3. The number of hydrogen-bond donors (Lipinski definition) is 1. The summed E-state index contributed by atoms with van der Waals surface area (Å²) >= 11 is 0.927. The molecule has 0 saturated heterocycles. The Morgan fingerprint density at radius 3 is 2.69 bits per heavy atom. The van der Waals surface area contributed by atoms with Gasteiger partial charge in [-0.1, -0.05) is 56.0 Å². The molecular formula is C35H41FO8S. The molecule has 1 heterocycles. The van der Waals surface area contributed by atoms with Crippen LogP contribution >= 0.6 is 11.8 Å². The Bertz CT molecular complexity index is 1480. The van der Waals surface area contributed by atoms with E-state index in [-0.39, 0.29) is 65.5 Å². The van der Waals surface area contributed by atoms with Crippen molar-refractivity contribution < 1.29 is 42.6 Å². The molecule has 4 aliphatic rings. The van der Waals surface area contributed by atoms with Crippen LogP contribution in [0.4, 0.5) is 4.39 Å². The minimum Gasteiger partial charge on any atom is -0.457 e. The van der Waals surface area contributed by atoms with Crippen molar-refractivity contribution in [2.24, 2.45) is 34.5 Å². The van der Waals surface area contributed by atoms with Crippen molar-refractivity contribution in [3.63, 3.8) is 0 Å². The van der Waals surface area contributed by atoms with Gasteiger partial charge in [0.05, 0.1) is 24.5 Å². The number of esters is 2. The molecule has 4 aliphatic carbocycles. The third-order valence-electron chi connectivity index (χ3n) is 10.6. The molecule has 242 valence electrons. The molecule has 0 aromatic carbocycles. The number of fused-ring (bicyclic) bond motifs is 5. The van der Waals surface area contributed by atoms with Crippen molar-refractivity contribution >= 4 is 34.6 Å². The first kappa shape index (κ1) is 33.2. The predicted molar refractivity (Wildman–Crippen MR) is 165 cm³/mol. The molecule has 10 heteroatoms. The van der Waals surface area contributed by atoms with Crippen LogP contribution in [0.25, 0.3) is 0 Å². The molecule has 1 aromatic heterocycles. The van der Waals surface area contributed by atoms with E-state index in [0.717, 1.165) is 23.8 Å². The van der Waals surface area contributed by atoms with Gasteiger partial charge in [-0.3, -0.25) is 14.4 Å². The smallest absolute Gasteiger partial charge is 0.375 e. The summed E-state index contributed by atoms with van der Waals surface area (Å²) in [5, 5.41) is 11.5. The highest BCUT2D eigenvalue weighted by Gasteiger charge is 2.73. The molecule has 45 heavy (non-hydrogen) atoms. The molecule has 8 atom stereocenters. The lowest BCUT2D eigenvalue weighted by Gasteiger charge is -2.59. The van der Waals surface area contributed by atoms with Crippen LogP contribution in [0, 0.1) is 46.3 Å². The maximum atomic E-state index is 14.4. The van der Waals surface area contributed by atoms with E-state index in [4.69, 9.17) is 13.9 Å². The zero-order valence-corrected chi connectivity index (χ0v) is 27.2. The maximum Gasteiger partial charge on any atom is 0.375 e. The summed E-state index contributed by atoms with van der Waals surface area (Å²) in [7, 11) is 0. The first-order valence-electron chi connectivity index (χ1n) is 15.5. The fraction of sp³-hybridized carbons (Fsp3) is 0.600. The van der Waals surface area contributed by atoms with Gasteiger partial charge in [0.25, 0.3) is 0 Å². The maximum absolute atomic E-state index is 14.4. The summed E-state index contributed by atoms with van der Waals surface area (Å²) in [4.78, 5) is 51.8. The molecule has 0 radical (unpaired) electrons. The lowest BCUT2D eigenvalue weighted by atomic mass is 9.46. The van der Waals surface area contributed by atoms with Gasteiger partial charge in [0.2, 0.25) is 10.9 Å². The number of ether oxygens (including phenoxy) is 2. The fourth-order valence-corrected chi connectivity index (χ4v) is 9.75. The van der Waals surface area contributed by atoms with Crippen molar-refractivity contribution in [1.29, 1.82) is 0 Å². The number of alkyl halides is 1. The molecule has 0 bridgehead atoms. The van der Waals surface area contributed by atoms with E-state index >= 15 is 0 Å². The molecule has 1 aromatic rings. The monoisotopic (exact) mass is 640 g/mol. The van der Waals surface area contributed by atoms with Crippen molar-refractivity contribution in [2.75, 3.05) is 12.4 Å². The average Bonchev–Trinajstić information content (AvgIpc) is 3.56. The van der Waals surface area contributed by atoms with Gasteiger partial charge in [-0.05, 0) is 75.7 Å². The van der Waals surface area contributed by atoms with Crippen molar-refractivity contribution in [3.05, 3.63) is 48.0 Å². The summed E-state index contributed by atoms with van der Waals surface area (Å²) in [6.45, 7) is 8.31. The molecule has 1 N–H and O–H groups in total. The number of furan rings is 1. The fourth-order valence-electron chi connectivity index (χ4n) is 8.75. The molecule has 3 saturated carbocycles. The van der Waals surface area contributed by atoms with Crippen molar-refractivity contribution in [2.45, 2.75) is 84.1 Å². The normalized spacial score (nSPS) is 35.2. The second-order valence-electron chi connectivity index (χ2n) is 13.9. The Labute approximate surface area is 267 Å². The molecule has 0 aliphatic heterocycles. The third-order valence-corrected chi connectivity index (χ3v) is 11.4. The summed E-state index contributed by atoms with van der Waals surface area (Å²) in [5.74, 6) is 3.53. The number of carbonyl (C=O) groups is 4. The predicted octanol–water partition coefficient (Wildman–Crippen LogP) is 5.64. The lowest BCUT2D eigenvalue weighted by molar-refractivity contribution is -0.176. The average molecular weight is 641 g/mol. The number of thioether (sulfide) groups is 1. The van der Waals surface area contributed by atoms with Crippen LogP contribution in [0.2, 0.25) is 0 Å². The number of aliphatic hydroxyl groups excluding tert-OH is 1. The highest BCUT2D eigenvalue weighted by molar-refractivity contribution is 8.14. The second-order valence-corrected chi connectivity index (χ2v) is 14.9. The van der Waals surface area contributed by atoms with Gasteiger partial charge in [-0.15, -0.1) is 0 Å². The molecule has 3 fully saturated rings. The zero-order valence-electron chi connectivity index (χ0n) is 26.4. The van der Waals surface area contributed by atoms with E-state index in [2.05, 4.69) is 18.8 Å². The number of allylic oxidation sites excluding steroid dienone is 4. The van der Waals surface area contributed by atoms with Gasteiger partial charge in [-0.25, -0.2) is 9.18 Å². The Morgan fingerprint density at radius 2 is 2.00 bits per heavy atom. The Hall–Kier alpha value is -3.16. The first-order chi connectivity index (χ1) is 21.1. The van der Waals surface area contributed by atoms with Crippen molar-refractivity contribution in [1.82, 2.24) is 0 Å². The van der Waals surface area contributed by atoms with Gasteiger partial charge in [0, 0.05) is 22.7 Å². The van der Waals surface area contributed by atoms with Crippen LogP contribution in [0.3, 0.4) is 0 Å². The lowest BCUT2D eigenvalue weighted by Crippen LogP contribution is -2.63. The minimum absolute atomic E-state index is 0.0179. The molecule has 0 spiro atoms. The molecule has 0 amide bonds. The van der Waals surface area contributed by atoms with E-state index in [0.29, 0.717) is 12.8 Å². The van der Waals surface area contributed by atoms with Gasteiger partial charge >= 0.3 is 11.9 Å². The zero-order chi connectivity index (χ0) is 32.8. The van der Waals surface area contributed by atoms with E-state index in [1.807, 2.05) is 19.9 Å². The Morgan fingerprint density at radius 1 is 1.24 bits per heavy atom. The van der Waals surface area contributed by atoms with E-state index < -0.39 is 40.1 Å². The van der Waals surface area contributed by atoms with Crippen LogP contribution < -0.4 is 0 Å². The largest absolute Gasteiger partial charge is 0.457 e. The van der Waals surface area contributed by atoms with Gasteiger partial charge in [0.1, 0.15) is 5.67 Å². The van der Waals surface area contributed by atoms with Gasteiger partial charge in [-0.2, -0.15) is 0 Å². The third kappa shape index (κ3) is 5.94. The minimum atomic E-state index is -1.69. The standard InChI is InChI=1S/C35H41FO8S/c1-21-17-25-24-11-10-22-18-23(37)12-13-33(22,4)29(24)26(38)19-34(25,5)35(21,44-30(40)27-9-8-15-42-27)31(41)45-16-7-6-14-43-28(39)20-32(2,3)36/h8-9,12-13,15,18,21,24-26,29,38H,10-11,14,16-17,19-20H2,1-5H3/t21-,24?,25?,26+,29?,33+,34+,35+/m1/s1. The number of carbonyl (C=O) groups excluding carboxylic acids is 4. The van der Waals surface area contributed by atoms with Crippen molar-refractivity contribution in [3.8, 4) is 11.8 Å². The number of hydrogen-bond acceptors (Lipinski definition) is 9. The Kier molecular flexibility index (Phi) is 9.02. The summed E-state index contributed by atoms with van der Waals surface area (Å²) in [6, 6.07) is 3.06. The van der Waals surface area contributed by atoms with Gasteiger partial charge < -0.3 is 19.0 Å². The molecule has 3 unspecified atom stereocenters. The SMILES string of the molecule is C[C@@H]1CC2C3CCC4=CC(=O)C=C[C@]4(C)C3[C@@H](O)C[C@]2(C)[C@@]1(OC(=O)c1ccco1)C(=O)SCC#CCOC(=O)CC(C)(C)F. The van der Waals surface area contributed by atoms with Crippen LogP contribution in [-0.4, -0.2) is 57.7 Å². The number of ketones is 1. The Balaban J connectivity index is 1.41. The quantitative estimate of drug-likeness (QED) is 0.298. The van der Waals surface area contributed by atoms with Crippen LogP contribution in [0.1, 0.15) is 77.3 Å². The number of aliphatic hydroxyl groups is 1. The molecule has 5 rings (SSSR count). The number of rotatable bonds is 7. The summed E-state index contributed by atoms with van der Waals surface area (Å²) in [5.41, 5.74) is -3.60. The highest BCUT2D eigenvalue weighted by atomic mass is 32.2. The van der Waals surface area contributed by atoms with E-state index in [9.17, 15) is 28.7 Å². The number of halogens is 1. The first-order valence-corrected chi connectivity index (χ1v) is 16.5. The molecule has 8 nitrogen and oxygen atoms in total. The van der Waals surface area contributed by atoms with Crippen LogP contribution in [0.5, 0.6) is 0 Å². The topological polar surface area (TPSA) is 120 Å². The second kappa shape index (κ2) is 12.2.